The van der Waals surface area contributed by atoms with Crippen LogP contribution in [0.5, 0.6) is 0 Å². The lowest BCUT2D eigenvalue weighted by Gasteiger charge is -2.07. The van der Waals surface area contributed by atoms with E-state index in [0.717, 1.165) is 5.69 Å². The highest BCUT2D eigenvalue weighted by Gasteiger charge is 2.04. The van der Waals surface area contributed by atoms with Crippen molar-refractivity contribution in [2.75, 3.05) is 17.2 Å². The second-order valence-electron chi connectivity index (χ2n) is 4.61. The van der Waals surface area contributed by atoms with E-state index in [1.54, 1.807) is 18.2 Å². The van der Waals surface area contributed by atoms with Crippen LogP contribution in [0, 0.1) is 0 Å². The summed E-state index contributed by atoms with van der Waals surface area (Å²) in [4.78, 5) is 28.3. The quantitative estimate of drug-likeness (QED) is 0.589. The molecule has 1 aromatic heterocycles. The number of fused-ring (bicyclic) bond motifs is 1. The first-order valence-electron chi connectivity index (χ1n) is 6.51. The fourth-order valence-electron chi connectivity index (χ4n) is 2.05. The molecule has 6 heteroatoms. The van der Waals surface area contributed by atoms with Crippen LogP contribution in [-0.2, 0) is 4.79 Å². The Morgan fingerprint density at radius 3 is 2.52 bits per heavy atom. The van der Waals surface area contributed by atoms with Crippen LogP contribution in [0.3, 0.4) is 0 Å². The molecule has 0 aliphatic heterocycles. The number of anilines is 2. The van der Waals surface area contributed by atoms with Crippen LogP contribution in [0.15, 0.2) is 53.3 Å². The van der Waals surface area contributed by atoms with Crippen molar-refractivity contribution in [3.63, 3.8) is 0 Å². The van der Waals surface area contributed by atoms with Crippen LogP contribution in [-0.4, -0.2) is 22.4 Å². The third kappa shape index (κ3) is 3.11. The van der Waals surface area contributed by atoms with Crippen molar-refractivity contribution in [1.82, 2.24) is 9.97 Å². The number of benzene rings is 2. The van der Waals surface area contributed by atoms with Crippen LogP contribution in [0.2, 0.25) is 0 Å². The summed E-state index contributed by atoms with van der Waals surface area (Å²) in [6, 6.07) is 14.7. The molecule has 0 spiro atoms. The predicted octanol–water partition coefficient (Wildman–Crippen LogP) is 1.91. The molecule has 1 amide bonds. The molecule has 0 atom stereocenters. The highest BCUT2D eigenvalue weighted by atomic mass is 16.2. The highest BCUT2D eigenvalue weighted by molar-refractivity contribution is 5.95. The standard InChI is InChI=1S/C15H14N4O2/c20-14(9-16-10-4-2-1-3-5-10)17-11-6-7-12-13(8-11)19-15(21)18-12/h1-8,16H,9H2,(H,17,20)(H2,18,19,21). The van der Waals surface area contributed by atoms with Gasteiger partial charge in [-0.05, 0) is 30.3 Å². The molecular weight excluding hydrogens is 268 g/mol. The van der Waals surface area contributed by atoms with Crippen LogP contribution < -0.4 is 16.3 Å². The third-order valence-corrected chi connectivity index (χ3v) is 3.03. The Morgan fingerprint density at radius 2 is 1.71 bits per heavy atom. The summed E-state index contributed by atoms with van der Waals surface area (Å²) < 4.78 is 0. The SMILES string of the molecule is O=C(CNc1ccccc1)Nc1ccc2[nH]c(=O)[nH]c2c1. The number of H-pyrrole nitrogens is 2. The molecule has 21 heavy (non-hydrogen) atoms. The van der Waals surface area contributed by atoms with Gasteiger partial charge < -0.3 is 20.6 Å². The smallest absolute Gasteiger partial charge is 0.323 e. The summed E-state index contributed by atoms with van der Waals surface area (Å²) in [5.41, 5.74) is 2.63. The summed E-state index contributed by atoms with van der Waals surface area (Å²) in [7, 11) is 0. The molecule has 3 rings (SSSR count). The molecule has 106 valence electrons. The molecule has 4 N–H and O–H groups in total. The maximum Gasteiger partial charge on any atom is 0.323 e. The highest BCUT2D eigenvalue weighted by Crippen LogP contribution is 2.14. The Hall–Kier alpha value is -3.02. The molecule has 3 aromatic rings. The average Bonchev–Trinajstić information content (AvgIpc) is 2.85. The van der Waals surface area contributed by atoms with Gasteiger partial charge in [0.25, 0.3) is 0 Å². The van der Waals surface area contributed by atoms with E-state index in [0.29, 0.717) is 16.7 Å². The summed E-state index contributed by atoms with van der Waals surface area (Å²) in [6.07, 6.45) is 0. The number of aromatic amines is 2. The summed E-state index contributed by atoms with van der Waals surface area (Å²) in [5, 5.41) is 5.81. The number of amides is 1. The number of para-hydroxylation sites is 1. The van der Waals surface area contributed by atoms with Gasteiger partial charge in [0.2, 0.25) is 5.91 Å². The maximum atomic E-state index is 11.9. The maximum absolute atomic E-state index is 11.9. The van der Waals surface area contributed by atoms with Gasteiger partial charge in [0.1, 0.15) is 0 Å². The topological polar surface area (TPSA) is 89.8 Å². The molecular formula is C15H14N4O2. The molecule has 0 saturated carbocycles. The lowest BCUT2D eigenvalue weighted by Crippen LogP contribution is -2.21. The molecule has 0 aliphatic rings. The minimum Gasteiger partial charge on any atom is -0.376 e. The Balaban J connectivity index is 1.64. The molecule has 2 aromatic carbocycles. The van der Waals surface area contributed by atoms with Gasteiger partial charge in [0.05, 0.1) is 17.6 Å². The van der Waals surface area contributed by atoms with E-state index < -0.39 is 0 Å². The lowest BCUT2D eigenvalue weighted by atomic mass is 10.2. The molecule has 0 radical (unpaired) electrons. The van der Waals surface area contributed by atoms with Crippen molar-refractivity contribution in [1.29, 1.82) is 0 Å². The number of aromatic nitrogens is 2. The van der Waals surface area contributed by atoms with Crippen molar-refractivity contribution in [2.24, 2.45) is 0 Å². The monoisotopic (exact) mass is 282 g/mol. The van der Waals surface area contributed by atoms with E-state index >= 15 is 0 Å². The number of imidazole rings is 1. The molecule has 0 bridgehead atoms. The minimum absolute atomic E-state index is 0.156. The fraction of sp³-hybridized carbons (Fsp3) is 0.0667. The minimum atomic E-state index is -0.265. The molecule has 6 nitrogen and oxygen atoms in total. The van der Waals surface area contributed by atoms with Crippen molar-refractivity contribution >= 4 is 28.3 Å². The Labute approximate surface area is 120 Å². The second kappa shape index (κ2) is 5.54. The van der Waals surface area contributed by atoms with Gasteiger partial charge in [0.15, 0.2) is 0 Å². The van der Waals surface area contributed by atoms with E-state index in [9.17, 15) is 9.59 Å². The Kier molecular flexibility index (Phi) is 3.42. The van der Waals surface area contributed by atoms with Crippen molar-refractivity contribution in [2.45, 2.75) is 0 Å². The van der Waals surface area contributed by atoms with Gasteiger partial charge >= 0.3 is 5.69 Å². The molecule has 0 aliphatic carbocycles. The molecule has 0 fully saturated rings. The van der Waals surface area contributed by atoms with Crippen LogP contribution in [0.1, 0.15) is 0 Å². The van der Waals surface area contributed by atoms with Gasteiger partial charge in [-0.1, -0.05) is 18.2 Å². The first kappa shape index (κ1) is 13.0. The second-order valence-corrected chi connectivity index (χ2v) is 4.61. The first-order chi connectivity index (χ1) is 10.2. The average molecular weight is 282 g/mol. The molecule has 0 saturated heterocycles. The van der Waals surface area contributed by atoms with E-state index in [1.165, 1.54) is 0 Å². The zero-order chi connectivity index (χ0) is 14.7. The number of nitrogens with one attached hydrogen (secondary N) is 4. The zero-order valence-electron chi connectivity index (χ0n) is 11.1. The van der Waals surface area contributed by atoms with Crippen LogP contribution in [0.4, 0.5) is 11.4 Å². The van der Waals surface area contributed by atoms with E-state index in [1.807, 2.05) is 30.3 Å². The normalized spacial score (nSPS) is 10.5. The Morgan fingerprint density at radius 1 is 0.952 bits per heavy atom. The van der Waals surface area contributed by atoms with Crippen molar-refractivity contribution in [3.05, 3.63) is 59.0 Å². The third-order valence-electron chi connectivity index (χ3n) is 3.03. The van der Waals surface area contributed by atoms with E-state index in [2.05, 4.69) is 20.6 Å². The summed E-state index contributed by atoms with van der Waals surface area (Å²) in [6.45, 7) is 0.172. The van der Waals surface area contributed by atoms with Gasteiger partial charge in [-0.2, -0.15) is 0 Å². The summed E-state index contributed by atoms with van der Waals surface area (Å²) in [5.74, 6) is -0.156. The van der Waals surface area contributed by atoms with E-state index in [-0.39, 0.29) is 18.1 Å². The van der Waals surface area contributed by atoms with Crippen molar-refractivity contribution < 1.29 is 4.79 Å². The van der Waals surface area contributed by atoms with Crippen LogP contribution >= 0.6 is 0 Å². The Bertz CT molecular complexity index is 820. The predicted molar refractivity (Wildman–Crippen MR) is 82.5 cm³/mol. The fourth-order valence-corrected chi connectivity index (χ4v) is 2.05. The summed E-state index contributed by atoms with van der Waals surface area (Å²) >= 11 is 0. The largest absolute Gasteiger partial charge is 0.376 e. The number of rotatable bonds is 4. The van der Waals surface area contributed by atoms with Gasteiger partial charge in [-0.15, -0.1) is 0 Å². The van der Waals surface area contributed by atoms with Crippen molar-refractivity contribution in [3.8, 4) is 0 Å². The van der Waals surface area contributed by atoms with Gasteiger partial charge in [0, 0.05) is 11.4 Å². The number of carbonyl (C=O) groups excluding carboxylic acids is 1. The lowest BCUT2D eigenvalue weighted by molar-refractivity contribution is -0.114. The number of carbonyl (C=O) groups is 1. The van der Waals surface area contributed by atoms with Crippen LogP contribution in [0.25, 0.3) is 11.0 Å². The van der Waals surface area contributed by atoms with E-state index in [4.69, 9.17) is 0 Å². The molecule has 1 heterocycles. The number of hydrogen-bond donors (Lipinski definition) is 4. The zero-order valence-corrected chi connectivity index (χ0v) is 11.1. The van der Waals surface area contributed by atoms with Gasteiger partial charge in [-0.3, -0.25) is 4.79 Å². The molecule has 0 unspecified atom stereocenters. The number of hydrogen-bond acceptors (Lipinski definition) is 3. The first-order valence-corrected chi connectivity index (χ1v) is 6.51. The van der Waals surface area contributed by atoms with Gasteiger partial charge in [-0.25, -0.2) is 4.79 Å².